The number of urea groups is 1. The Morgan fingerprint density at radius 2 is 1.97 bits per heavy atom. The first-order valence-electron chi connectivity index (χ1n) is 11.1. The van der Waals surface area contributed by atoms with E-state index in [9.17, 15) is 14.4 Å². The molecule has 2 aromatic rings. The summed E-state index contributed by atoms with van der Waals surface area (Å²) in [5, 5.41) is 2.81. The second-order valence-electron chi connectivity index (χ2n) is 7.88. The van der Waals surface area contributed by atoms with Gasteiger partial charge in [-0.1, -0.05) is 44.4 Å². The lowest BCUT2D eigenvalue weighted by molar-refractivity contribution is -0.116. The average molecular weight is 473 g/mol. The van der Waals surface area contributed by atoms with Crippen molar-refractivity contribution in [3.63, 3.8) is 0 Å². The number of nitrogens with one attached hydrogen (secondary N) is 1. The second-order valence-corrected chi connectivity index (χ2v) is 8.29. The molecular formula is C24H29ClN4O4. The van der Waals surface area contributed by atoms with E-state index in [-0.39, 0.29) is 0 Å². The molecule has 1 aliphatic rings. The number of unbranched alkanes of at least 4 members (excludes halogenated alkanes) is 2. The van der Waals surface area contributed by atoms with Gasteiger partial charge in [0.1, 0.15) is 11.5 Å². The lowest BCUT2D eigenvalue weighted by atomic mass is 10.1. The van der Waals surface area contributed by atoms with E-state index >= 15 is 0 Å². The number of nitrogens with zero attached hydrogens (tertiary/aromatic N) is 3. The van der Waals surface area contributed by atoms with Crippen LogP contribution in [0.5, 0.6) is 0 Å². The Kier molecular flexibility index (Phi) is 8.27. The highest BCUT2D eigenvalue weighted by Gasteiger charge is 2.32. The van der Waals surface area contributed by atoms with Crippen molar-refractivity contribution in [3.05, 3.63) is 57.8 Å². The fourth-order valence-corrected chi connectivity index (χ4v) is 3.87. The van der Waals surface area contributed by atoms with Gasteiger partial charge in [0.05, 0.1) is 31.1 Å². The molecule has 176 valence electrons. The number of rotatable bonds is 10. The molecule has 1 fully saturated rings. The van der Waals surface area contributed by atoms with Gasteiger partial charge in [-0.05, 0) is 36.6 Å². The van der Waals surface area contributed by atoms with Crippen LogP contribution in [0.4, 0.5) is 4.79 Å². The molecule has 2 heterocycles. The van der Waals surface area contributed by atoms with E-state index in [4.69, 9.17) is 16.3 Å². The molecule has 1 aromatic heterocycles. The van der Waals surface area contributed by atoms with E-state index in [0.29, 0.717) is 35.1 Å². The smallest absolute Gasteiger partial charge is 0.337 e. The maximum atomic E-state index is 12.5. The van der Waals surface area contributed by atoms with Crippen molar-refractivity contribution in [1.29, 1.82) is 0 Å². The third kappa shape index (κ3) is 5.63. The molecule has 1 saturated heterocycles. The van der Waals surface area contributed by atoms with Crippen molar-refractivity contribution in [1.82, 2.24) is 19.8 Å². The lowest BCUT2D eigenvalue weighted by Gasteiger charge is -2.16. The first kappa shape index (κ1) is 24.5. The quantitative estimate of drug-likeness (QED) is 0.314. The van der Waals surface area contributed by atoms with Crippen LogP contribution in [-0.2, 0) is 22.5 Å². The van der Waals surface area contributed by atoms with Gasteiger partial charge in [-0.2, -0.15) is 0 Å². The number of carbonyl (C=O) groups is 3. The third-order valence-electron chi connectivity index (χ3n) is 5.53. The van der Waals surface area contributed by atoms with Crippen LogP contribution in [0.1, 0.15) is 67.0 Å². The minimum absolute atomic E-state index is 0.309. The van der Waals surface area contributed by atoms with Gasteiger partial charge in [0.2, 0.25) is 0 Å². The van der Waals surface area contributed by atoms with Gasteiger partial charge in [-0.3, -0.25) is 15.0 Å². The summed E-state index contributed by atoms with van der Waals surface area (Å²) in [6, 6.07) is 4.63. The minimum atomic E-state index is -0.454. The zero-order valence-electron chi connectivity index (χ0n) is 19.2. The number of halogens is 1. The zero-order valence-corrected chi connectivity index (χ0v) is 19.9. The number of esters is 1. The fourth-order valence-electron chi connectivity index (χ4n) is 3.63. The van der Waals surface area contributed by atoms with E-state index in [1.807, 2.05) is 11.5 Å². The predicted molar refractivity (Wildman–Crippen MR) is 126 cm³/mol. The van der Waals surface area contributed by atoms with Gasteiger partial charge < -0.3 is 9.30 Å². The average Bonchev–Trinajstić information content (AvgIpc) is 3.30. The lowest BCUT2D eigenvalue weighted by Crippen LogP contribution is -2.28. The van der Waals surface area contributed by atoms with Crippen LogP contribution in [0.3, 0.4) is 0 Å². The number of aromatic nitrogens is 2. The number of amides is 3. The summed E-state index contributed by atoms with van der Waals surface area (Å²) >= 11 is 6.48. The highest BCUT2D eigenvalue weighted by atomic mass is 35.5. The summed E-state index contributed by atoms with van der Waals surface area (Å²) in [7, 11) is 1.32. The maximum Gasteiger partial charge on any atom is 0.337 e. The Morgan fingerprint density at radius 3 is 2.64 bits per heavy atom. The molecule has 33 heavy (non-hydrogen) atoms. The number of imide groups is 1. The molecule has 0 saturated carbocycles. The van der Waals surface area contributed by atoms with Crippen molar-refractivity contribution in [3.8, 4) is 0 Å². The summed E-state index contributed by atoms with van der Waals surface area (Å²) in [5.74, 6) is -0.00898. The molecule has 0 spiro atoms. The number of aryl methyl sites for hydroxylation is 1. The van der Waals surface area contributed by atoms with Gasteiger partial charge in [-0.15, -0.1) is 0 Å². The zero-order chi connectivity index (χ0) is 24.0. The van der Waals surface area contributed by atoms with E-state index in [1.165, 1.54) is 12.0 Å². The molecule has 1 aromatic carbocycles. The van der Waals surface area contributed by atoms with Crippen LogP contribution >= 0.6 is 11.6 Å². The van der Waals surface area contributed by atoms with Crippen molar-refractivity contribution in [2.24, 2.45) is 0 Å². The van der Waals surface area contributed by atoms with Crippen molar-refractivity contribution in [2.75, 3.05) is 13.7 Å². The van der Waals surface area contributed by atoms with Crippen LogP contribution in [0.15, 0.2) is 30.1 Å². The molecule has 9 heteroatoms. The summed E-state index contributed by atoms with van der Waals surface area (Å²) in [5.41, 5.74) is 2.19. The van der Waals surface area contributed by atoms with Crippen molar-refractivity contribution >= 4 is 35.6 Å². The Hall–Kier alpha value is -3.13. The Morgan fingerprint density at radius 1 is 1.21 bits per heavy atom. The van der Waals surface area contributed by atoms with Gasteiger partial charge in [0, 0.05) is 18.0 Å². The Labute approximate surface area is 198 Å². The summed E-state index contributed by atoms with van der Waals surface area (Å²) in [6.45, 7) is 5.02. The molecule has 3 rings (SSSR count). The highest BCUT2D eigenvalue weighted by molar-refractivity contribution is 6.31. The molecule has 0 unspecified atom stereocenters. The third-order valence-corrected chi connectivity index (χ3v) is 5.89. The predicted octanol–water partition coefficient (Wildman–Crippen LogP) is 4.41. The number of imidazole rings is 1. The van der Waals surface area contributed by atoms with Gasteiger partial charge in [-0.25, -0.2) is 14.6 Å². The van der Waals surface area contributed by atoms with E-state index < -0.39 is 17.9 Å². The van der Waals surface area contributed by atoms with E-state index in [2.05, 4.69) is 17.2 Å². The maximum absolute atomic E-state index is 12.5. The summed E-state index contributed by atoms with van der Waals surface area (Å²) in [4.78, 5) is 42.6. The SMILES string of the molecule is CCCCc1ncc(C=C2C(=O)NC(=O)N2CCCC)n1Cc1ccc(C(=O)OC)cc1Cl. The van der Waals surface area contributed by atoms with E-state index in [0.717, 1.165) is 43.5 Å². The molecular weight excluding hydrogens is 444 g/mol. The van der Waals surface area contributed by atoms with Crippen LogP contribution in [0.25, 0.3) is 6.08 Å². The number of hydrogen-bond acceptors (Lipinski definition) is 5. The molecule has 0 radical (unpaired) electrons. The normalized spacial score (nSPS) is 14.8. The second kappa shape index (κ2) is 11.1. The van der Waals surface area contributed by atoms with E-state index in [1.54, 1.807) is 30.5 Å². The number of benzene rings is 1. The largest absolute Gasteiger partial charge is 0.465 e. The van der Waals surface area contributed by atoms with Gasteiger partial charge >= 0.3 is 12.0 Å². The monoisotopic (exact) mass is 472 g/mol. The van der Waals surface area contributed by atoms with Crippen LogP contribution in [-0.4, -0.2) is 46.0 Å². The summed E-state index contributed by atoms with van der Waals surface area (Å²) < 4.78 is 6.76. The molecule has 0 aliphatic carbocycles. The van der Waals surface area contributed by atoms with Gasteiger partial charge in [0.15, 0.2) is 0 Å². The number of ether oxygens (including phenoxy) is 1. The molecule has 0 atom stereocenters. The molecule has 0 bridgehead atoms. The van der Waals surface area contributed by atoms with Crippen molar-refractivity contribution in [2.45, 2.75) is 52.5 Å². The Balaban J connectivity index is 1.98. The number of carbonyl (C=O) groups excluding carboxylic acids is 3. The molecule has 8 nitrogen and oxygen atoms in total. The topological polar surface area (TPSA) is 93.5 Å². The van der Waals surface area contributed by atoms with Crippen molar-refractivity contribution < 1.29 is 19.1 Å². The molecule has 1 N–H and O–H groups in total. The first-order chi connectivity index (χ1) is 15.9. The minimum Gasteiger partial charge on any atom is -0.465 e. The van der Waals surface area contributed by atoms with Crippen LogP contribution in [0, 0.1) is 0 Å². The first-order valence-corrected chi connectivity index (χ1v) is 11.5. The Bertz CT molecular complexity index is 1080. The molecule has 1 aliphatic heterocycles. The number of hydrogen-bond donors (Lipinski definition) is 1. The standard InChI is InChI=1S/C24H29ClN4O4/c1-4-6-8-21-26-14-18(13-20-22(30)27-24(32)28(20)11-7-5-2)29(21)15-17-10-9-16(12-19(17)25)23(31)33-3/h9-10,12-14H,4-8,11,15H2,1-3H3,(H,27,30,32). The van der Waals surface area contributed by atoms with Crippen LogP contribution < -0.4 is 5.32 Å². The molecule has 3 amide bonds. The van der Waals surface area contributed by atoms with Gasteiger partial charge in [0.25, 0.3) is 5.91 Å². The highest BCUT2D eigenvalue weighted by Crippen LogP contribution is 2.24. The summed E-state index contributed by atoms with van der Waals surface area (Å²) in [6.07, 6.45) is 7.86. The fraction of sp³-hybridized carbons (Fsp3) is 0.417. The van der Waals surface area contributed by atoms with Crippen LogP contribution in [0.2, 0.25) is 5.02 Å². The number of methoxy groups -OCH3 is 1.